The van der Waals surface area contributed by atoms with Gasteiger partial charge in [-0.2, -0.15) is 0 Å². The van der Waals surface area contributed by atoms with Crippen LogP contribution < -0.4 is 5.32 Å². The van der Waals surface area contributed by atoms with Crippen molar-refractivity contribution in [2.75, 3.05) is 5.32 Å². The molecule has 8 heteroatoms. The standard InChI is InChI=1S/C13H6Cl2F5N/c14-6-2-1-5(7(15)3-6)4-21-13-11(19)9(17)8(16)10(18)12(13)20/h1-3,21H,4H2. The summed E-state index contributed by atoms with van der Waals surface area (Å²) in [6, 6.07) is 4.32. The van der Waals surface area contributed by atoms with Crippen LogP contribution in [-0.2, 0) is 6.54 Å². The van der Waals surface area contributed by atoms with E-state index in [2.05, 4.69) is 5.32 Å². The predicted molar refractivity (Wildman–Crippen MR) is 70.0 cm³/mol. The highest BCUT2D eigenvalue weighted by Gasteiger charge is 2.25. The number of hydrogen-bond acceptors (Lipinski definition) is 1. The van der Waals surface area contributed by atoms with Crippen molar-refractivity contribution in [3.63, 3.8) is 0 Å². The van der Waals surface area contributed by atoms with Crippen molar-refractivity contribution in [3.8, 4) is 0 Å². The van der Waals surface area contributed by atoms with Gasteiger partial charge in [0.25, 0.3) is 0 Å². The molecule has 0 bridgehead atoms. The highest BCUT2D eigenvalue weighted by atomic mass is 35.5. The topological polar surface area (TPSA) is 12.0 Å². The van der Waals surface area contributed by atoms with Crippen molar-refractivity contribution in [2.45, 2.75) is 6.54 Å². The predicted octanol–water partition coefficient (Wildman–Crippen LogP) is 5.30. The van der Waals surface area contributed by atoms with Crippen LogP contribution >= 0.6 is 23.2 Å². The van der Waals surface area contributed by atoms with Crippen LogP contribution in [0.2, 0.25) is 10.0 Å². The molecule has 1 nitrogen and oxygen atoms in total. The van der Waals surface area contributed by atoms with Crippen LogP contribution in [0.3, 0.4) is 0 Å². The molecule has 0 amide bonds. The Kier molecular flexibility index (Phi) is 4.58. The second-order valence-corrected chi connectivity index (χ2v) is 4.88. The fourth-order valence-corrected chi connectivity index (χ4v) is 2.08. The van der Waals surface area contributed by atoms with Crippen molar-refractivity contribution in [1.82, 2.24) is 0 Å². The van der Waals surface area contributed by atoms with Gasteiger partial charge in [-0.1, -0.05) is 29.3 Å². The second kappa shape index (κ2) is 6.07. The molecule has 1 N–H and O–H groups in total. The van der Waals surface area contributed by atoms with Gasteiger partial charge in [-0.15, -0.1) is 0 Å². The van der Waals surface area contributed by atoms with Gasteiger partial charge < -0.3 is 5.32 Å². The normalized spacial score (nSPS) is 10.8. The molecule has 2 aromatic carbocycles. The molecule has 21 heavy (non-hydrogen) atoms. The summed E-state index contributed by atoms with van der Waals surface area (Å²) >= 11 is 11.5. The van der Waals surface area contributed by atoms with Gasteiger partial charge in [0, 0.05) is 16.6 Å². The van der Waals surface area contributed by atoms with Gasteiger partial charge in [0.15, 0.2) is 23.3 Å². The summed E-state index contributed by atoms with van der Waals surface area (Å²) in [6.45, 7) is -0.242. The Morgan fingerprint density at radius 1 is 0.810 bits per heavy atom. The van der Waals surface area contributed by atoms with Crippen LogP contribution in [0.5, 0.6) is 0 Å². The first-order chi connectivity index (χ1) is 9.82. The molecule has 112 valence electrons. The first-order valence-electron chi connectivity index (χ1n) is 5.52. The Balaban J connectivity index is 2.32. The molecule has 2 aromatic rings. The number of anilines is 1. The third-order valence-corrected chi connectivity index (χ3v) is 3.27. The maximum absolute atomic E-state index is 13.4. The number of benzene rings is 2. The summed E-state index contributed by atoms with van der Waals surface area (Å²) in [5.41, 5.74) is -0.734. The van der Waals surface area contributed by atoms with Gasteiger partial charge in [0.1, 0.15) is 5.69 Å². The monoisotopic (exact) mass is 341 g/mol. The highest BCUT2D eigenvalue weighted by Crippen LogP contribution is 2.28. The van der Waals surface area contributed by atoms with E-state index in [9.17, 15) is 22.0 Å². The number of nitrogens with one attached hydrogen (secondary N) is 1. The summed E-state index contributed by atoms with van der Waals surface area (Å²) in [6.07, 6.45) is 0. The van der Waals surface area contributed by atoms with Gasteiger partial charge in [-0.3, -0.25) is 0 Å². The Morgan fingerprint density at radius 3 is 1.86 bits per heavy atom. The van der Waals surface area contributed by atoms with Crippen LogP contribution in [0.25, 0.3) is 0 Å². The summed E-state index contributed by atoms with van der Waals surface area (Å²) in [4.78, 5) is 0. The molecular formula is C13H6Cl2F5N. The molecule has 0 saturated heterocycles. The third kappa shape index (κ3) is 3.06. The zero-order valence-electron chi connectivity index (χ0n) is 10.1. The molecule has 0 radical (unpaired) electrons. The second-order valence-electron chi connectivity index (χ2n) is 4.03. The smallest absolute Gasteiger partial charge is 0.200 e. The fraction of sp³-hybridized carbons (Fsp3) is 0.0769. The minimum absolute atomic E-state index is 0.193. The molecule has 2 rings (SSSR count). The number of hydrogen-bond donors (Lipinski definition) is 1. The summed E-state index contributed by atoms with van der Waals surface area (Å²) in [5.74, 6) is -10.1. The first kappa shape index (κ1) is 15.9. The van der Waals surface area contributed by atoms with E-state index in [1.54, 1.807) is 0 Å². The van der Waals surface area contributed by atoms with Crippen molar-refractivity contribution in [3.05, 3.63) is 62.9 Å². The molecule has 0 spiro atoms. The van der Waals surface area contributed by atoms with Gasteiger partial charge in [-0.05, 0) is 17.7 Å². The van der Waals surface area contributed by atoms with E-state index in [0.29, 0.717) is 10.6 Å². The van der Waals surface area contributed by atoms with E-state index < -0.39 is 34.8 Å². The number of halogens is 7. The lowest BCUT2D eigenvalue weighted by molar-refractivity contribution is 0.381. The highest BCUT2D eigenvalue weighted by molar-refractivity contribution is 6.35. The molecule has 0 heterocycles. The summed E-state index contributed by atoms with van der Waals surface area (Å²) in [5, 5.41) is 2.68. The zero-order chi connectivity index (χ0) is 15.7. The quantitative estimate of drug-likeness (QED) is 0.453. The van der Waals surface area contributed by atoms with E-state index >= 15 is 0 Å². The Morgan fingerprint density at radius 2 is 1.33 bits per heavy atom. The lowest BCUT2D eigenvalue weighted by Gasteiger charge is -2.11. The average molecular weight is 342 g/mol. The van der Waals surface area contributed by atoms with Crippen molar-refractivity contribution < 1.29 is 22.0 Å². The maximum Gasteiger partial charge on any atom is 0.200 e. The molecule has 0 aromatic heterocycles. The average Bonchev–Trinajstić information content (AvgIpc) is 2.45. The van der Waals surface area contributed by atoms with Crippen molar-refractivity contribution in [2.24, 2.45) is 0 Å². The molecule has 0 unspecified atom stereocenters. The molecule has 0 atom stereocenters. The largest absolute Gasteiger partial charge is 0.376 e. The first-order valence-corrected chi connectivity index (χ1v) is 6.27. The van der Waals surface area contributed by atoms with Crippen LogP contribution in [0.15, 0.2) is 18.2 Å². The Bertz CT molecular complexity index is 676. The SMILES string of the molecule is Fc1c(F)c(F)c(NCc2ccc(Cl)cc2Cl)c(F)c1F. The van der Waals surface area contributed by atoms with Crippen molar-refractivity contribution in [1.29, 1.82) is 0 Å². The van der Waals surface area contributed by atoms with Crippen LogP contribution in [-0.4, -0.2) is 0 Å². The van der Waals surface area contributed by atoms with Crippen LogP contribution in [0, 0.1) is 29.1 Å². The summed E-state index contributed by atoms with van der Waals surface area (Å²) in [7, 11) is 0. The van der Waals surface area contributed by atoms with Gasteiger partial charge in [0.2, 0.25) is 5.82 Å². The van der Waals surface area contributed by atoms with E-state index in [1.807, 2.05) is 0 Å². The minimum Gasteiger partial charge on any atom is -0.376 e. The van der Waals surface area contributed by atoms with Crippen molar-refractivity contribution >= 4 is 28.9 Å². The molecular weight excluding hydrogens is 336 g/mol. The van der Waals surface area contributed by atoms with E-state index in [-0.39, 0.29) is 11.6 Å². The van der Waals surface area contributed by atoms with Crippen LogP contribution in [0.4, 0.5) is 27.6 Å². The molecule has 0 aliphatic carbocycles. The lowest BCUT2D eigenvalue weighted by atomic mass is 10.2. The maximum atomic E-state index is 13.4. The Hall–Kier alpha value is -1.53. The molecule has 0 fully saturated rings. The zero-order valence-corrected chi connectivity index (χ0v) is 11.6. The summed E-state index contributed by atoms with van der Waals surface area (Å²) < 4.78 is 65.8. The third-order valence-electron chi connectivity index (χ3n) is 2.68. The van der Waals surface area contributed by atoms with E-state index in [4.69, 9.17) is 23.2 Å². The minimum atomic E-state index is -2.21. The van der Waals surface area contributed by atoms with Crippen LogP contribution in [0.1, 0.15) is 5.56 Å². The Labute approximate surface area is 126 Å². The lowest BCUT2D eigenvalue weighted by Crippen LogP contribution is -2.10. The molecule has 0 aliphatic rings. The number of rotatable bonds is 3. The van der Waals surface area contributed by atoms with E-state index in [0.717, 1.165) is 0 Å². The fourth-order valence-electron chi connectivity index (χ4n) is 1.61. The van der Waals surface area contributed by atoms with Gasteiger partial charge in [-0.25, -0.2) is 22.0 Å². The van der Waals surface area contributed by atoms with Gasteiger partial charge in [0.05, 0.1) is 0 Å². The van der Waals surface area contributed by atoms with E-state index in [1.165, 1.54) is 18.2 Å². The molecule has 0 aliphatic heterocycles. The molecule has 0 saturated carbocycles. The van der Waals surface area contributed by atoms with Gasteiger partial charge >= 0.3 is 0 Å².